The first-order valence-electron chi connectivity index (χ1n) is 6.23. The van der Waals surface area contributed by atoms with Crippen molar-refractivity contribution in [2.24, 2.45) is 0 Å². The van der Waals surface area contributed by atoms with Gasteiger partial charge in [0.25, 0.3) is 11.8 Å². The smallest absolute Gasteiger partial charge is 0.279 e. The topological polar surface area (TPSA) is 67.4 Å². The number of rotatable bonds is 4. The molecule has 0 aliphatic heterocycles. The van der Waals surface area contributed by atoms with Crippen LogP contribution < -0.4 is 15.6 Å². The molecule has 0 aliphatic rings. The number of carbonyl (C=O) groups excluding carboxylic acids is 2. The first-order valence-corrected chi connectivity index (χ1v) is 7.43. The number of hydrazine groups is 1. The number of nitrogens with one attached hydrogen (secondary N) is 2. The van der Waals surface area contributed by atoms with Gasteiger partial charge in [-0.2, -0.15) is 0 Å². The van der Waals surface area contributed by atoms with Gasteiger partial charge in [-0.25, -0.2) is 4.39 Å². The molecule has 1 heterocycles. The second-order valence-corrected chi connectivity index (χ2v) is 5.98. The van der Waals surface area contributed by atoms with Crippen LogP contribution in [0.2, 0.25) is 4.34 Å². The molecule has 0 fully saturated rings. The van der Waals surface area contributed by atoms with Crippen molar-refractivity contribution in [3.63, 3.8) is 0 Å². The fraction of sp³-hybridized carbons (Fsp3) is 0.143. The summed E-state index contributed by atoms with van der Waals surface area (Å²) < 4.78 is 18.6. The fourth-order valence-electron chi connectivity index (χ4n) is 1.49. The van der Waals surface area contributed by atoms with Gasteiger partial charge in [0, 0.05) is 0 Å². The third-order valence-corrected chi connectivity index (χ3v) is 3.82. The Balaban J connectivity index is 1.83. The van der Waals surface area contributed by atoms with Crippen molar-refractivity contribution in [1.29, 1.82) is 0 Å². The van der Waals surface area contributed by atoms with E-state index in [2.05, 4.69) is 10.9 Å². The Hall–Kier alpha value is -2.12. The second kappa shape index (κ2) is 7.24. The molecule has 1 atom stereocenters. The Morgan fingerprint density at radius 3 is 2.45 bits per heavy atom. The Kier molecular flexibility index (Phi) is 5.35. The van der Waals surface area contributed by atoms with E-state index < -0.39 is 23.7 Å². The summed E-state index contributed by atoms with van der Waals surface area (Å²) in [6, 6.07) is 8.40. The number of thiophene rings is 1. The molecule has 0 unspecified atom stereocenters. The lowest BCUT2D eigenvalue weighted by Gasteiger charge is -2.14. The predicted octanol–water partition coefficient (Wildman–Crippen LogP) is 2.77. The number of benzene rings is 1. The van der Waals surface area contributed by atoms with Gasteiger partial charge in [0.2, 0.25) is 0 Å². The van der Waals surface area contributed by atoms with Crippen LogP contribution in [0.4, 0.5) is 4.39 Å². The summed E-state index contributed by atoms with van der Waals surface area (Å²) in [4.78, 5) is 23.9. The SMILES string of the molecule is C[C@H](Oc1ccc(F)cc1)C(=O)NNC(=O)c1ccc(Cl)s1. The summed E-state index contributed by atoms with van der Waals surface area (Å²) >= 11 is 6.82. The van der Waals surface area contributed by atoms with Crippen LogP contribution in [0, 0.1) is 5.82 Å². The highest BCUT2D eigenvalue weighted by Crippen LogP contribution is 2.20. The highest BCUT2D eigenvalue weighted by molar-refractivity contribution is 7.17. The van der Waals surface area contributed by atoms with Crippen molar-refractivity contribution in [2.75, 3.05) is 0 Å². The van der Waals surface area contributed by atoms with Gasteiger partial charge >= 0.3 is 0 Å². The lowest BCUT2D eigenvalue weighted by Crippen LogP contribution is -2.47. The first kappa shape index (κ1) is 16.3. The molecule has 1 aromatic carbocycles. The Morgan fingerprint density at radius 1 is 1.18 bits per heavy atom. The maximum Gasteiger partial charge on any atom is 0.279 e. The molecule has 0 saturated heterocycles. The standard InChI is InChI=1S/C14H12ClFN2O3S/c1-8(21-10-4-2-9(16)3-5-10)13(19)17-18-14(20)11-6-7-12(15)22-11/h2-8H,1H3,(H,17,19)(H,18,20)/t8-/m0/s1. The van der Waals surface area contributed by atoms with Gasteiger partial charge in [-0.1, -0.05) is 11.6 Å². The van der Waals surface area contributed by atoms with Gasteiger partial charge in [0.05, 0.1) is 9.21 Å². The van der Waals surface area contributed by atoms with Crippen molar-refractivity contribution in [3.05, 3.63) is 51.4 Å². The molecular weight excluding hydrogens is 331 g/mol. The van der Waals surface area contributed by atoms with E-state index in [0.29, 0.717) is 15.0 Å². The number of ether oxygens (including phenoxy) is 1. The van der Waals surface area contributed by atoms with E-state index in [0.717, 1.165) is 11.3 Å². The second-order valence-electron chi connectivity index (χ2n) is 4.26. The van der Waals surface area contributed by atoms with Crippen molar-refractivity contribution >= 4 is 34.8 Å². The van der Waals surface area contributed by atoms with Crippen LogP contribution in [0.5, 0.6) is 5.75 Å². The normalized spacial score (nSPS) is 11.6. The van der Waals surface area contributed by atoms with Crippen molar-refractivity contribution in [2.45, 2.75) is 13.0 Å². The molecule has 2 aromatic rings. The minimum absolute atomic E-state index is 0.348. The number of hydrogen-bond acceptors (Lipinski definition) is 4. The minimum atomic E-state index is -0.863. The van der Waals surface area contributed by atoms with Gasteiger partial charge in [-0.15, -0.1) is 11.3 Å². The van der Waals surface area contributed by atoms with Crippen molar-refractivity contribution in [1.82, 2.24) is 10.9 Å². The van der Waals surface area contributed by atoms with E-state index in [4.69, 9.17) is 16.3 Å². The van der Waals surface area contributed by atoms with Gasteiger partial charge in [0.15, 0.2) is 6.10 Å². The molecule has 1 aromatic heterocycles. The van der Waals surface area contributed by atoms with Crippen LogP contribution in [0.15, 0.2) is 36.4 Å². The predicted molar refractivity (Wildman–Crippen MR) is 81.4 cm³/mol. The zero-order chi connectivity index (χ0) is 16.1. The molecule has 0 radical (unpaired) electrons. The number of carbonyl (C=O) groups is 2. The zero-order valence-electron chi connectivity index (χ0n) is 11.4. The fourth-order valence-corrected chi connectivity index (χ4v) is 2.43. The quantitative estimate of drug-likeness (QED) is 0.840. The van der Waals surface area contributed by atoms with Crippen LogP contribution in [0.1, 0.15) is 16.6 Å². The maximum atomic E-state index is 12.8. The molecule has 5 nitrogen and oxygen atoms in total. The van der Waals surface area contributed by atoms with E-state index in [1.165, 1.54) is 31.2 Å². The van der Waals surface area contributed by atoms with Crippen LogP contribution in [-0.2, 0) is 4.79 Å². The Labute approximate surface area is 135 Å². The molecule has 2 N–H and O–H groups in total. The highest BCUT2D eigenvalue weighted by atomic mass is 35.5. The minimum Gasteiger partial charge on any atom is -0.481 e. The van der Waals surface area contributed by atoms with Crippen LogP contribution in [0.25, 0.3) is 0 Å². The monoisotopic (exact) mass is 342 g/mol. The summed E-state index contributed by atoms with van der Waals surface area (Å²) in [5, 5.41) is 0. The van der Waals surface area contributed by atoms with Gasteiger partial charge in [-0.3, -0.25) is 20.4 Å². The molecule has 2 amide bonds. The molecule has 0 aliphatic carbocycles. The Morgan fingerprint density at radius 2 is 1.86 bits per heavy atom. The van der Waals surface area contributed by atoms with Gasteiger partial charge in [0.1, 0.15) is 11.6 Å². The molecule has 22 heavy (non-hydrogen) atoms. The first-order chi connectivity index (χ1) is 10.5. The Bertz CT molecular complexity index is 675. The van der Waals surface area contributed by atoms with Crippen molar-refractivity contribution < 1.29 is 18.7 Å². The average molecular weight is 343 g/mol. The number of halogens is 2. The maximum absolute atomic E-state index is 12.8. The highest BCUT2D eigenvalue weighted by Gasteiger charge is 2.16. The third kappa shape index (κ3) is 4.44. The van der Waals surface area contributed by atoms with E-state index in [9.17, 15) is 14.0 Å². The lowest BCUT2D eigenvalue weighted by atomic mass is 10.3. The molecule has 8 heteroatoms. The van der Waals surface area contributed by atoms with E-state index in [-0.39, 0.29) is 0 Å². The summed E-state index contributed by atoms with van der Waals surface area (Å²) in [7, 11) is 0. The molecule has 0 bridgehead atoms. The molecule has 116 valence electrons. The number of hydrogen-bond donors (Lipinski definition) is 2. The zero-order valence-corrected chi connectivity index (χ0v) is 13.0. The average Bonchev–Trinajstić information content (AvgIpc) is 2.93. The largest absolute Gasteiger partial charge is 0.481 e. The van der Waals surface area contributed by atoms with Crippen molar-refractivity contribution in [3.8, 4) is 5.75 Å². The van der Waals surface area contributed by atoms with Crippen LogP contribution in [-0.4, -0.2) is 17.9 Å². The molecular formula is C14H12ClFN2O3S. The summed E-state index contributed by atoms with van der Waals surface area (Å²) in [5.74, 6) is -1.06. The van der Waals surface area contributed by atoms with Gasteiger partial charge < -0.3 is 4.74 Å². The summed E-state index contributed by atoms with van der Waals surface area (Å²) in [6.07, 6.45) is -0.863. The van der Waals surface area contributed by atoms with E-state index in [1.54, 1.807) is 12.1 Å². The molecule has 0 saturated carbocycles. The molecule has 0 spiro atoms. The van der Waals surface area contributed by atoms with Crippen LogP contribution in [0.3, 0.4) is 0 Å². The van der Waals surface area contributed by atoms with Crippen LogP contribution >= 0.6 is 22.9 Å². The number of amides is 2. The van der Waals surface area contributed by atoms with E-state index in [1.807, 2.05) is 0 Å². The molecule has 2 rings (SSSR count). The third-order valence-electron chi connectivity index (χ3n) is 2.59. The van der Waals surface area contributed by atoms with Gasteiger partial charge in [-0.05, 0) is 43.3 Å². The summed E-state index contributed by atoms with van der Waals surface area (Å²) in [5.41, 5.74) is 4.51. The summed E-state index contributed by atoms with van der Waals surface area (Å²) in [6.45, 7) is 1.51. The van der Waals surface area contributed by atoms with E-state index >= 15 is 0 Å². The lowest BCUT2D eigenvalue weighted by molar-refractivity contribution is -0.128.